The second-order valence-corrected chi connectivity index (χ2v) is 8.54. The Kier molecular flexibility index (Phi) is 3.92. The molecule has 5 nitrogen and oxygen atoms in total. The molecule has 0 unspecified atom stereocenters. The second-order valence-electron chi connectivity index (χ2n) is 4.67. The Morgan fingerprint density at radius 3 is 2.55 bits per heavy atom. The molecule has 0 spiro atoms. The summed E-state index contributed by atoms with van der Waals surface area (Å²) in [6.07, 6.45) is 1.68. The Bertz CT molecular complexity index is 930. The number of halogens is 1. The van der Waals surface area contributed by atoms with Gasteiger partial charge in [0.2, 0.25) is 0 Å². The number of aromatic nitrogens is 3. The van der Waals surface area contributed by atoms with Gasteiger partial charge in [0.05, 0.1) is 26.4 Å². The summed E-state index contributed by atoms with van der Waals surface area (Å²) < 4.78 is 27.5. The van der Waals surface area contributed by atoms with Crippen molar-refractivity contribution in [1.82, 2.24) is 14.2 Å². The molecular formula is C14H12BrN3O2S2. The maximum absolute atomic E-state index is 12.7. The number of nitrogens with zero attached hydrogens (tertiary/aromatic N) is 3. The zero-order chi connectivity index (χ0) is 15.9. The normalized spacial score (nSPS) is 11.8. The monoisotopic (exact) mass is 397 g/mol. The number of hydrogen-bond acceptors (Lipinski definition) is 5. The Balaban J connectivity index is 2.07. The molecule has 0 fully saturated rings. The first kappa shape index (κ1) is 15.4. The van der Waals surface area contributed by atoms with E-state index in [1.165, 1.54) is 11.3 Å². The molecule has 0 aromatic carbocycles. The lowest BCUT2D eigenvalue weighted by Gasteiger charge is -2.03. The van der Waals surface area contributed by atoms with Crippen LogP contribution in [0.25, 0.3) is 10.6 Å². The van der Waals surface area contributed by atoms with Crippen LogP contribution in [-0.2, 0) is 10.0 Å². The van der Waals surface area contributed by atoms with Crippen molar-refractivity contribution in [2.24, 2.45) is 0 Å². The SMILES string of the molecule is Cc1nn(S(=O)(=O)c2ccc(-c3ccccn3)s2)c(C)c1Br. The van der Waals surface area contributed by atoms with Gasteiger partial charge < -0.3 is 0 Å². The van der Waals surface area contributed by atoms with Gasteiger partial charge >= 0.3 is 0 Å². The van der Waals surface area contributed by atoms with Gasteiger partial charge in [-0.05, 0) is 54.0 Å². The van der Waals surface area contributed by atoms with Crippen molar-refractivity contribution in [3.63, 3.8) is 0 Å². The highest BCUT2D eigenvalue weighted by Gasteiger charge is 2.24. The fraction of sp³-hybridized carbons (Fsp3) is 0.143. The zero-order valence-electron chi connectivity index (χ0n) is 11.8. The highest BCUT2D eigenvalue weighted by atomic mass is 79.9. The van der Waals surface area contributed by atoms with Gasteiger partial charge in [-0.2, -0.15) is 17.6 Å². The first-order chi connectivity index (χ1) is 10.4. The third-order valence-corrected chi connectivity index (χ3v) is 7.53. The van der Waals surface area contributed by atoms with Crippen molar-refractivity contribution in [2.75, 3.05) is 0 Å². The number of pyridine rings is 1. The van der Waals surface area contributed by atoms with Crippen LogP contribution in [0.5, 0.6) is 0 Å². The molecule has 0 atom stereocenters. The summed E-state index contributed by atoms with van der Waals surface area (Å²) in [6.45, 7) is 3.48. The smallest absolute Gasteiger partial charge is 0.255 e. The summed E-state index contributed by atoms with van der Waals surface area (Å²) in [4.78, 5) is 5.04. The van der Waals surface area contributed by atoms with Crippen molar-refractivity contribution in [2.45, 2.75) is 18.1 Å². The van der Waals surface area contributed by atoms with E-state index in [0.717, 1.165) is 14.7 Å². The molecule has 0 aliphatic rings. The van der Waals surface area contributed by atoms with Crippen LogP contribution >= 0.6 is 27.3 Å². The van der Waals surface area contributed by atoms with Crippen LogP contribution in [0.3, 0.4) is 0 Å². The molecule has 0 aliphatic carbocycles. The van der Waals surface area contributed by atoms with Crippen LogP contribution in [0.4, 0.5) is 0 Å². The maximum Gasteiger partial charge on any atom is 0.292 e. The van der Waals surface area contributed by atoms with E-state index in [1.54, 1.807) is 32.2 Å². The standard InChI is InChI=1S/C14H12BrN3O2S2/c1-9-14(15)10(2)18(17-9)22(19,20)13-7-6-12(21-13)11-5-3-4-8-16-11/h3-8H,1-2H3. The Labute approximate surface area is 140 Å². The van der Waals surface area contributed by atoms with Gasteiger partial charge in [-0.1, -0.05) is 6.07 Å². The minimum atomic E-state index is -3.69. The van der Waals surface area contributed by atoms with Gasteiger partial charge in [0.1, 0.15) is 4.21 Å². The lowest BCUT2D eigenvalue weighted by atomic mass is 10.3. The van der Waals surface area contributed by atoms with Crippen molar-refractivity contribution in [3.8, 4) is 10.6 Å². The lowest BCUT2D eigenvalue weighted by molar-refractivity contribution is 0.580. The molecule has 0 saturated carbocycles. The molecule has 8 heteroatoms. The average Bonchev–Trinajstić information content (AvgIpc) is 3.10. The molecule has 0 N–H and O–H groups in total. The van der Waals surface area contributed by atoms with Crippen LogP contribution < -0.4 is 0 Å². The van der Waals surface area contributed by atoms with Crippen molar-refractivity contribution in [1.29, 1.82) is 0 Å². The van der Waals surface area contributed by atoms with Crippen LogP contribution in [0.1, 0.15) is 11.4 Å². The summed E-state index contributed by atoms with van der Waals surface area (Å²) >= 11 is 4.54. The predicted molar refractivity (Wildman–Crippen MR) is 89.5 cm³/mol. The summed E-state index contributed by atoms with van der Waals surface area (Å²) in [5, 5.41) is 4.11. The van der Waals surface area contributed by atoms with Gasteiger partial charge in [0.15, 0.2) is 0 Å². The molecule has 0 radical (unpaired) electrons. The van der Waals surface area contributed by atoms with Crippen LogP contribution in [0.2, 0.25) is 0 Å². The molecule has 0 bridgehead atoms. The van der Waals surface area contributed by atoms with E-state index in [1.807, 2.05) is 18.2 Å². The number of hydrogen-bond donors (Lipinski definition) is 0. The van der Waals surface area contributed by atoms with E-state index in [4.69, 9.17) is 0 Å². The van der Waals surface area contributed by atoms with Crippen LogP contribution in [0.15, 0.2) is 45.2 Å². The third-order valence-electron chi connectivity index (χ3n) is 3.14. The zero-order valence-corrected chi connectivity index (χ0v) is 15.0. The topological polar surface area (TPSA) is 64.8 Å². The molecule has 3 aromatic heterocycles. The Morgan fingerprint density at radius 2 is 1.95 bits per heavy atom. The minimum Gasteiger partial charge on any atom is -0.255 e. The number of thiophene rings is 1. The van der Waals surface area contributed by atoms with Gasteiger partial charge in [0, 0.05) is 6.20 Å². The predicted octanol–water partition coefficient (Wildman–Crippen LogP) is 3.62. The quantitative estimate of drug-likeness (QED) is 0.676. The van der Waals surface area contributed by atoms with E-state index >= 15 is 0 Å². The van der Waals surface area contributed by atoms with E-state index < -0.39 is 10.0 Å². The fourth-order valence-corrected chi connectivity index (χ4v) is 5.10. The second kappa shape index (κ2) is 5.60. The highest BCUT2D eigenvalue weighted by molar-refractivity contribution is 9.10. The minimum absolute atomic E-state index is 0.242. The fourth-order valence-electron chi connectivity index (χ4n) is 2.03. The van der Waals surface area contributed by atoms with E-state index in [9.17, 15) is 8.42 Å². The summed E-state index contributed by atoms with van der Waals surface area (Å²) in [7, 11) is -3.69. The molecule has 22 heavy (non-hydrogen) atoms. The van der Waals surface area contributed by atoms with Crippen LogP contribution in [-0.4, -0.2) is 22.6 Å². The molecule has 3 rings (SSSR count). The van der Waals surface area contributed by atoms with Crippen molar-refractivity contribution < 1.29 is 8.42 Å². The molecule has 3 aromatic rings. The summed E-state index contributed by atoms with van der Waals surface area (Å²) in [6, 6.07) is 8.90. The highest BCUT2D eigenvalue weighted by Crippen LogP contribution is 2.32. The van der Waals surface area contributed by atoms with E-state index in [2.05, 4.69) is 26.0 Å². The first-order valence-electron chi connectivity index (χ1n) is 6.40. The van der Waals surface area contributed by atoms with Crippen LogP contribution in [0, 0.1) is 13.8 Å². The maximum atomic E-state index is 12.7. The first-order valence-corrected chi connectivity index (χ1v) is 9.45. The van der Waals surface area contributed by atoms with E-state index in [-0.39, 0.29) is 4.21 Å². The lowest BCUT2D eigenvalue weighted by Crippen LogP contribution is -2.14. The van der Waals surface area contributed by atoms with E-state index in [0.29, 0.717) is 15.9 Å². The summed E-state index contributed by atoms with van der Waals surface area (Å²) in [5.74, 6) is 0. The number of aryl methyl sites for hydroxylation is 1. The average molecular weight is 398 g/mol. The Morgan fingerprint density at radius 1 is 1.18 bits per heavy atom. The van der Waals surface area contributed by atoms with Crippen molar-refractivity contribution in [3.05, 3.63) is 52.4 Å². The third kappa shape index (κ3) is 2.51. The molecule has 0 aliphatic heterocycles. The largest absolute Gasteiger partial charge is 0.292 e. The van der Waals surface area contributed by atoms with Gasteiger partial charge in [-0.15, -0.1) is 11.3 Å². The van der Waals surface area contributed by atoms with Gasteiger partial charge in [-0.25, -0.2) is 0 Å². The molecule has 114 valence electrons. The molecular weight excluding hydrogens is 386 g/mol. The molecule has 3 heterocycles. The Hall–Kier alpha value is -1.51. The number of rotatable bonds is 3. The molecule has 0 amide bonds. The van der Waals surface area contributed by atoms with Gasteiger partial charge in [0.25, 0.3) is 10.0 Å². The van der Waals surface area contributed by atoms with Gasteiger partial charge in [-0.3, -0.25) is 4.98 Å². The molecule has 0 saturated heterocycles. The summed E-state index contributed by atoms with van der Waals surface area (Å²) in [5.41, 5.74) is 1.95. The van der Waals surface area contributed by atoms with Crippen molar-refractivity contribution >= 4 is 37.3 Å².